The molecule has 0 aliphatic rings. The second-order valence-electron chi connectivity index (χ2n) is 2.36. The van der Waals surface area contributed by atoms with Crippen molar-refractivity contribution in [3.8, 4) is 0 Å². The predicted octanol–water partition coefficient (Wildman–Crippen LogP) is 1.29. The van der Waals surface area contributed by atoms with Crippen LogP contribution in [0.4, 0.5) is 0 Å². The molecule has 0 aromatic rings. The quantitative estimate of drug-likeness (QED) is 0.474. The van der Waals surface area contributed by atoms with Crippen molar-refractivity contribution in [2.24, 2.45) is 0 Å². The number of carbonyl (C=O) groups excluding carboxylic acids is 1. The molecule has 58 valence electrons. The minimum atomic E-state index is -0.296. The Morgan fingerprint density at radius 1 is 1.70 bits per heavy atom. The molecule has 0 spiro atoms. The zero-order valence-corrected chi connectivity index (χ0v) is 6.50. The van der Waals surface area contributed by atoms with Crippen LogP contribution in [0.15, 0.2) is 11.6 Å². The van der Waals surface area contributed by atoms with E-state index in [2.05, 4.69) is 0 Å². The highest BCUT2D eigenvalue weighted by Gasteiger charge is 1.96. The third-order valence-corrected chi connectivity index (χ3v) is 1.37. The molecule has 0 saturated carbocycles. The number of hydrogen-bond donors (Lipinski definition) is 1. The molecule has 2 nitrogen and oxygen atoms in total. The molecule has 0 heterocycles. The van der Waals surface area contributed by atoms with Gasteiger partial charge in [0.1, 0.15) is 6.29 Å². The third kappa shape index (κ3) is 4.27. The minimum Gasteiger partial charge on any atom is -0.393 e. The van der Waals surface area contributed by atoms with Crippen LogP contribution in [0.2, 0.25) is 0 Å². The maximum atomic E-state index is 10.1. The number of allylic oxidation sites excluding steroid dienone is 1. The van der Waals surface area contributed by atoms with Gasteiger partial charge in [-0.2, -0.15) is 0 Å². The number of aliphatic hydroxyl groups is 1. The number of carbonyl (C=O) groups is 1. The Morgan fingerprint density at radius 2 is 2.30 bits per heavy atom. The van der Waals surface area contributed by atoms with Gasteiger partial charge in [-0.25, -0.2) is 0 Å². The third-order valence-electron chi connectivity index (χ3n) is 1.37. The Kier molecular flexibility index (Phi) is 4.85. The first kappa shape index (κ1) is 9.37. The van der Waals surface area contributed by atoms with Crippen LogP contribution in [-0.2, 0) is 4.79 Å². The first-order valence-corrected chi connectivity index (χ1v) is 3.50. The zero-order chi connectivity index (χ0) is 7.98. The number of hydrogen-bond acceptors (Lipinski definition) is 2. The van der Waals surface area contributed by atoms with E-state index in [9.17, 15) is 4.79 Å². The van der Waals surface area contributed by atoms with Crippen molar-refractivity contribution in [1.82, 2.24) is 0 Å². The SMILES string of the molecule is CCC(O)CC=C(C)C=O. The summed E-state index contributed by atoms with van der Waals surface area (Å²) in [4.78, 5) is 10.1. The summed E-state index contributed by atoms with van der Waals surface area (Å²) >= 11 is 0. The molecular weight excluding hydrogens is 128 g/mol. The van der Waals surface area contributed by atoms with Gasteiger partial charge < -0.3 is 5.11 Å². The lowest BCUT2D eigenvalue weighted by atomic mass is 10.1. The van der Waals surface area contributed by atoms with Crippen LogP contribution in [0.3, 0.4) is 0 Å². The first-order valence-electron chi connectivity index (χ1n) is 3.50. The van der Waals surface area contributed by atoms with Crippen LogP contribution in [0, 0.1) is 0 Å². The second-order valence-corrected chi connectivity index (χ2v) is 2.36. The topological polar surface area (TPSA) is 37.3 Å². The molecule has 0 aliphatic carbocycles. The van der Waals surface area contributed by atoms with Crippen LogP contribution in [-0.4, -0.2) is 17.5 Å². The van der Waals surface area contributed by atoms with Crippen LogP contribution in [0.25, 0.3) is 0 Å². The van der Waals surface area contributed by atoms with Crippen molar-refractivity contribution in [2.45, 2.75) is 32.8 Å². The zero-order valence-electron chi connectivity index (χ0n) is 6.50. The summed E-state index contributed by atoms with van der Waals surface area (Å²) < 4.78 is 0. The molecule has 1 atom stereocenters. The Morgan fingerprint density at radius 3 is 2.70 bits per heavy atom. The number of aliphatic hydroxyl groups excluding tert-OH is 1. The van der Waals surface area contributed by atoms with E-state index in [0.717, 1.165) is 12.7 Å². The van der Waals surface area contributed by atoms with Gasteiger partial charge in [-0.05, 0) is 25.3 Å². The normalized spacial score (nSPS) is 14.9. The molecule has 10 heavy (non-hydrogen) atoms. The van der Waals surface area contributed by atoms with Crippen molar-refractivity contribution in [2.75, 3.05) is 0 Å². The average Bonchev–Trinajstić information content (AvgIpc) is 1.99. The van der Waals surface area contributed by atoms with Crippen molar-refractivity contribution < 1.29 is 9.90 Å². The van der Waals surface area contributed by atoms with E-state index < -0.39 is 0 Å². The van der Waals surface area contributed by atoms with E-state index in [4.69, 9.17) is 5.11 Å². The van der Waals surface area contributed by atoms with E-state index in [-0.39, 0.29) is 6.10 Å². The van der Waals surface area contributed by atoms with Crippen molar-refractivity contribution in [3.05, 3.63) is 11.6 Å². The first-order chi connectivity index (χ1) is 4.70. The van der Waals surface area contributed by atoms with Gasteiger partial charge in [0.15, 0.2) is 0 Å². The van der Waals surface area contributed by atoms with Gasteiger partial charge in [0.05, 0.1) is 6.10 Å². The minimum absolute atomic E-state index is 0.296. The molecule has 0 aromatic carbocycles. The van der Waals surface area contributed by atoms with E-state index in [1.807, 2.05) is 6.92 Å². The van der Waals surface area contributed by atoms with Crippen molar-refractivity contribution in [1.29, 1.82) is 0 Å². The van der Waals surface area contributed by atoms with Crippen LogP contribution < -0.4 is 0 Å². The fourth-order valence-corrected chi connectivity index (χ4v) is 0.537. The molecule has 2 heteroatoms. The Labute approximate surface area is 61.6 Å². The molecule has 1 unspecified atom stereocenters. The molecule has 0 aliphatic heterocycles. The van der Waals surface area contributed by atoms with Crippen LogP contribution in [0.5, 0.6) is 0 Å². The number of rotatable bonds is 4. The highest BCUT2D eigenvalue weighted by Crippen LogP contribution is 1.99. The van der Waals surface area contributed by atoms with Crippen molar-refractivity contribution in [3.63, 3.8) is 0 Å². The van der Waals surface area contributed by atoms with E-state index in [1.54, 1.807) is 13.0 Å². The molecule has 0 amide bonds. The summed E-state index contributed by atoms with van der Waals surface area (Å²) in [6, 6.07) is 0. The molecule has 1 N–H and O–H groups in total. The summed E-state index contributed by atoms with van der Waals surface area (Å²) in [6.45, 7) is 3.64. The van der Waals surface area contributed by atoms with Gasteiger partial charge in [0.25, 0.3) is 0 Å². The van der Waals surface area contributed by atoms with E-state index >= 15 is 0 Å². The lowest BCUT2D eigenvalue weighted by molar-refractivity contribution is -0.104. The Hall–Kier alpha value is -0.630. The summed E-state index contributed by atoms with van der Waals surface area (Å²) in [5, 5.41) is 9.04. The Balaban J connectivity index is 3.60. The molecule has 0 fully saturated rings. The van der Waals surface area contributed by atoms with Crippen molar-refractivity contribution >= 4 is 6.29 Å². The standard InChI is InChI=1S/C8H14O2/c1-3-8(10)5-4-7(2)6-9/h4,6,8,10H,3,5H2,1-2H3. The van der Waals surface area contributed by atoms with Gasteiger partial charge in [-0.3, -0.25) is 4.79 Å². The summed E-state index contributed by atoms with van der Waals surface area (Å²) in [5.41, 5.74) is 0.688. The molecular formula is C8H14O2. The average molecular weight is 142 g/mol. The van der Waals surface area contributed by atoms with Crippen LogP contribution >= 0.6 is 0 Å². The van der Waals surface area contributed by atoms with Gasteiger partial charge in [0.2, 0.25) is 0 Å². The lowest BCUT2D eigenvalue weighted by Gasteiger charge is -2.01. The summed E-state index contributed by atoms with van der Waals surface area (Å²) in [6.07, 6.45) is 3.57. The molecule has 0 saturated heterocycles. The van der Waals surface area contributed by atoms with Crippen LogP contribution in [0.1, 0.15) is 26.7 Å². The predicted molar refractivity (Wildman–Crippen MR) is 40.7 cm³/mol. The molecule has 0 aromatic heterocycles. The van der Waals surface area contributed by atoms with E-state index in [1.165, 1.54) is 0 Å². The maximum absolute atomic E-state index is 10.1. The highest BCUT2D eigenvalue weighted by atomic mass is 16.3. The fraction of sp³-hybridized carbons (Fsp3) is 0.625. The fourth-order valence-electron chi connectivity index (χ4n) is 0.537. The number of aldehydes is 1. The summed E-state index contributed by atoms with van der Waals surface area (Å²) in [7, 11) is 0. The van der Waals surface area contributed by atoms with Gasteiger partial charge in [-0.15, -0.1) is 0 Å². The van der Waals surface area contributed by atoms with Gasteiger partial charge in [0, 0.05) is 0 Å². The van der Waals surface area contributed by atoms with Gasteiger partial charge in [-0.1, -0.05) is 13.0 Å². The monoisotopic (exact) mass is 142 g/mol. The lowest BCUT2D eigenvalue weighted by Crippen LogP contribution is -2.01. The molecule has 0 bridgehead atoms. The molecule has 0 radical (unpaired) electrons. The largest absolute Gasteiger partial charge is 0.393 e. The second kappa shape index (κ2) is 5.18. The summed E-state index contributed by atoms with van der Waals surface area (Å²) in [5.74, 6) is 0. The Bertz CT molecular complexity index is 127. The van der Waals surface area contributed by atoms with E-state index in [0.29, 0.717) is 12.0 Å². The maximum Gasteiger partial charge on any atom is 0.145 e. The smallest absolute Gasteiger partial charge is 0.145 e. The van der Waals surface area contributed by atoms with Gasteiger partial charge >= 0.3 is 0 Å². The highest BCUT2D eigenvalue weighted by molar-refractivity contribution is 5.71. The molecule has 0 rings (SSSR count).